The number of benzene rings is 1. The minimum Gasteiger partial charge on any atom is -0.460 e. The van der Waals surface area contributed by atoms with Gasteiger partial charge in [0.25, 0.3) is 0 Å². The first-order chi connectivity index (χ1) is 8.00. The third kappa shape index (κ3) is 3.33. The van der Waals surface area contributed by atoms with Gasteiger partial charge in [0, 0.05) is 5.75 Å². The molecule has 0 saturated heterocycles. The molecule has 1 aromatic rings. The SMILES string of the molecule is CC(=O)[C@](C)(CS)C(=O)OCc1ccccc1. The highest BCUT2D eigenvalue weighted by Crippen LogP contribution is 2.22. The molecule has 0 N–H and O–H groups in total. The summed E-state index contributed by atoms with van der Waals surface area (Å²) in [5, 5.41) is 0. The summed E-state index contributed by atoms with van der Waals surface area (Å²) in [4.78, 5) is 23.2. The summed E-state index contributed by atoms with van der Waals surface area (Å²) in [5.74, 6) is -0.606. The van der Waals surface area contributed by atoms with Crippen LogP contribution in [0.1, 0.15) is 19.4 Å². The summed E-state index contributed by atoms with van der Waals surface area (Å²) >= 11 is 4.04. The van der Waals surface area contributed by atoms with Crippen molar-refractivity contribution in [3.8, 4) is 0 Å². The molecule has 1 atom stereocenters. The van der Waals surface area contributed by atoms with Gasteiger partial charge in [0.1, 0.15) is 17.8 Å². The van der Waals surface area contributed by atoms with Crippen LogP contribution in [-0.4, -0.2) is 17.5 Å². The van der Waals surface area contributed by atoms with Gasteiger partial charge in [-0.15, -0.1) is 0 Å². The van der Waals surface area contributed by atoms with Gasteiger partial charge in [-0.2, -0.15) is 12.6 Å². The van der Waals surface area contributed by atoms with Crippen LogP contribution in [0.4, 0.5) is 0 Å². The minimum atomic E-state index is -1.15. The third-order valence-electron chi connectivity index (χ3n) is 2.76. The van der Waals surface area contributed by atoms with E-state index in [1.54, 1.807) is 6.92 Å². The van der Waals surface area contributed by atoms with E-state index in [9.17, 15) is 9.59 Å². The molecule has 0 aromatic heterocycles. The van der Waals surface area contributed by atoms with E-state index in [1.807, 2.05) is 30.3 Å². The third-order valence-corrected chi connectivity index (χ3v) is 3.39. The van der Waals surface area contributed by atoms with Crippen LogP contribution in [0.2, 0.25) is 0 Å². The summed E-state index contributed by atoms with van der Waals surface area (Å²) in [7, 11) is 0. The van der Waals surface area contributed by atoms with Crippen molar-refractivity contribution in [1.82, 2.24) is 0 Å². The zero-order chi connectivity index (χ0) is 12.9. The number of Topliss-reactive ketones (excluding diaryl/α,β-unsaturated/α-hetero) is 1. The van der Waals surface area contributed by atoms with Crippen molar-refractivity contribution in [3.63, 3.8) is 0 Å². The molecular formula is C13H16O3S. The molecular weight excluding hydrogens is 236 g/mol. The molecule has 0 unspecified atom stereocenters. The summed E-state index contributed by atoms with van der Waals surface area (Å²) in [6, 6.07) is 9.34. The molecule has 0 aliphatic heterocycles. The molecule has 0 bridgehead atoms. The molecule has 1 aromatic carbocycles. The molecule has 0 radical (unpaired) electrons. The van der Waals surface area contributed by atoms with Crippen LogP contribution in [0.5, 0.6) is 0 Å². The van der Waals surface area contributed by atoms with Gasteiger partial charge >= 0.3 is 5.97 Å². The van der Waals surface area contributed by atoms with Crippen molar-refractivity contribution in [1.29, 1.82) is 0 Å². The van der Waals surface area contributed by atoms with Crippen LogP contribution in [0.25, 0.3) is 0 Å². The highest BCUT2D eigenvalue weighted by molar-refractivity contribution is 7.80. The Morgan fingerprint density at radius 3 is 2.35 bits per heavy atom. The quantitative estimate of drug-likeness (QED) is 0.496. The number of thiol groups is 1. The molecule has 92 valence electrons. The molecule has 17 heavy (non-hydrogen) atoms. The number of ketones is 1. The Morgan fingerprint density at radius 1 is 1.29 bits per heavy atom. The van der Waals surface area contributed by atoms with Gasteiger partial charge in [-0.05, 0) is 19.4 Å². The van der Waals surface area contributed by atoms with Crippen LogP contribution in [0, 0.1) is 5.41 Å². The molecule has 0 aliphatic rings. The summed E-state index contributed by atoms with van der Waals surface area (Å²) in [5.41, 5.74) is -0.261. The zero-order valence-corrected chi connectivity index (χ0v) is 10.9. The second kappa shape index (κ2) is 5.87. The molecule has 1 rings (SSSR count). The molecule has 0 saturated carbocycles. The standard InChI is InChI=1S/C13H16O3S/c1-10(14)13(2,9-17)12(15)16-8-11-6-4-3-5-7-11/h3-7,17H,8-9H2,1-2H3/t13-/m0/s1. The van der Waals surface area contributed by atoms with Gasteiger partial charge in [-0.25, -0.2) is 0 Å². The molecule has 3 nitrogen and oxygen atoms in total. The van der Waals surface area contributed by atoms with E-state index in [0.717, 1.165) is 5.56 Å². The zero-order valence-electron chi connectivity index (χ0n) is 9.97. The lowest BCUT2D eigenvalue weighted by molar-refractivity contribution is -0.158. The Kier molecular flexibility index (Phi) is 4.75. The molecule has 4 heteroatoms. The summed E-state index contributed by atoms with van der Waals surface area (Å²) < 4.78 is 5.14. The average Bonchev–Trinajstić information content (AvgIpc) is 2.35. The van der Waals surface area contributed by atoms with Gasteiger partial charge in [-0.3, -0.25) is 9.59 Å². The number of hydrogen-bond donors (Lipinski definition) is 1. The van der Waals surface area contributed by atoms with E-state index in [-0.39, 0.29) is 18.1 Å². The van der Waals surface area contributed by atoms with E-state index in [0.29, 0.717) is 0 Å². The molecule has 0 amide bonds. The summed E-state index contributed by atoms with van der Waals surface area (Å²) in [6.07, 6.45) is 0. The van der Waals surface area contributed by atoms with Crippen molar-refractivity contribution in [3.05, 3.63) is 35.9 Å². The van der Waals surface area contributed by atoms with Crippen molar-refractivity contribution in [2.45, 2.75) is 20.5 Å². The van der Waals surface area contributed by atoms with Gasteiger partial charge < -0.3 is 4.74 Å². The average molecular weight is 252 g/mol. The van der Waals surface area contributed by atoms with E-state index >= 15 is 0 Å². The lowest BCUT2D eigenvalue weighted by Gasteiger charge is -2.22. The van der Waals surface area contributed by atoms with E-state index in [4.69, 9.17) is 4.74 Å². The van der Waals surface area contributed by atoms with Crippen molar-refractivity contribution < 1.29 is 14.3 Å². The Balaban J connectivity index is 2.64. The normalized spacial score (nSPS) is 13.8. The Morgan fingerprint density at radius 2 is 1.88 bits per heavy atom. The van der Waals surface area contributed by atoms with Crippen molar-refractivity contribution in [2.75, 3.05) is 5.75 Å². The number of rotatable bonds is 5. The van der Waals surface area contributed by atoms with Crippen LogP contribution in [-0.2, 0) is 20.9 Å². The smallest absolute Gasteiger partial charge is 0.320 e. The van der Waals surface area contributed by atoms with Gasteiger partial charge in [0.2, 0.25) is 0 Å². The van der Waals surface area contributed by atoms with Gasteiger partial charge in [-0.1, -0.05) is 30.3 Å². The number of esters is 1. The predicted octanol–water partition coefficient (Wildman–Crippen LogP) is 2.25. The van der Waals surface area contributed by atoms with Crippen LogP contribution < -0.4 is 0 Å². The number of ether oxygens (including phenoxy) is 1. The molecule has 0 heterocycles. The predicted molar refractivity (Wildman–Crippen MR) is 68.9 cm³/mol. The highest BCUT2D eigenvalue weighted by atomic mass is 32.1. The fourth-order valence-corrected chi connectivity index (χ4v) is 1.55. The molecule has 0 fully saturated rings. The number of carbonyl (C=O) groups excluding carboxylic acids is 2. The van der Waals surface area contributed by atoms with Crippen LogP contribution in [0.15, 0.2) is 30.3 Å². The first kappa shape index (κ1) is 13.8. The second-order valence-corrected chi connectivity index (χ2v) is 4.42. The van der Waals surface area contributed by atoms with Gasteiger partial charge in [0.05, 0.1) is 0 Å². The maximum absolute atomic E-state index is 11.8. The van der Waals surface area contributed by atoms with Crippen LogP contribution >= 0.6 is 12.6 Å². The first-order valence-electron chi connectivity index (χ1n) is 5.34. The maximum atomic E-state index is 11.8. The molecule has 0 aliphatic carbocycles. The lowest BCUT2D eigenvalue weighted by atomic mass is 9.89. The van der Waals surface area contributed by atoms with Crippen molar-refractivity contribution in [2.24, 2.45) is 5.41 Å². The summed E-state index contributed by atoms with van der Waals surface area (Å²) in [6.45, 7) is 3.10. The Bertz CT molecular complexity index is 402. The second-order valence-electron chi connectivity index (χ2n) is 4.11. The first-order valence-corrected chi connectivity index (χ1v) is 5.97. The minimum absolute atomic E-state index is 0.149. The molecule has 0 spiro atoms. The fraction of sp³-hybridized carbons (Fsp3) is 0.385. The number of hydrogen-bond acceptors (Lipinski definition) is 4. The Labute approximate surface area is 107 Å². The lowest BCUT2D eigenvalue weighted by Crippen LogP contribution is -2.38. The van der Waals surface area contributed by atoms with Crippen LogP contribution in [0.3, 0.4) is 0 Å². The van der Waals surface area contributed by atoms with E-state index < -0.39 is 11.4 Å². The largest absolute Gasteiger partial charge is 0.460 e. The monoisotopic (exact) mass is 252 g/mol. The topological polar surface area (TPSA) is 43.4 Å². The van der Waals surface area contributed by atoms with Crippen molar-refractivity contribution >= 4 is 24.4 Å². The Hall–Kier alpha value is -1.29. The number of carbonyl (C=O) groups is 2. The highest BCUT2D eigenvalue weighted by Gasteiger charge is 2.38. The fourth-order valence-electron chi connectivity index (χ4n) is 1.20. The van der Waals surface area contributed by atoms with E-state index in [1.165, 1.54) is 6.92 Å². The maximum Gasteiger partial charge on any atom is 0.320 e. The van der Waals surface area contributed by atoms with E-state index in [2.05, 4.69) is 12.6 Å². The van der Waals surface area contributed by atoms with Gasteiger partial charge in [0.15, 0.2) is 0 Å².